The number of aliphatic hydroxyl groups is 2. The molecule has 0 radical (unpaired) electrons. The third kappa shape index (κ3) is 29.0. The van der Waals surface area contributed by atoms with E-state index in [2.05, 4.69) is 58.1 Å². The fourth-order valence-corrected chi connectivity index (χ4v) is 10.5. The number of rotatable bonds is 50. The maximum absolute atomic E-state index is 13.8. The van der Waals surface area contributed by atoms with E-state index < -0.39 is 128 Å². The van der Waals surface area contributed by atoms with Crippen LogP contribution in [0, 0.1) is 23.7 Å². The molecule has 2 heterocycles. The van der Waals surface area contributed by atoms with Crippen molar-refractivity contribution in [3.05, 3.63) is 106 Å². The number of hydrogen-bond acceptors (Lipinski definition) is 21. The maximum atomic E-state index is 13.8. The molecule has 5 rings (SSSR count). The van der Waals surface area contributed by atoms with Gasteiger partial charge in [-0.2, -0.15) is 0 Å². The normalized spacial score (nSPS) is 12.7. The first-order valence-corrected chi connectivity index (χ1v) is 33.3. The van der Waals surface area contributed by atoms with Gasteiger partial charge in [0.25, 0.3) is 0 Å². The lowest BCUT2D eigenvalue weighted by Crippen LogP contribution is -2.47. The predicted octanol–water partition coefficient (Wildman–Crippen LogP) is 4.06. The molecular formula is C68H95N15O17. The smallest absolute Gasteiger partial charge is 0.407 e. The molecule has 0 aliphatic carbocycles. The summed E-state index contributed by atoms with van der Waals surface area (Å²) < 4.78 is 29.2. The number of ether oxygens (including phenoxy) is 5. The first-order chi connectivity index (χ1) is 48.1. The van der Waals surface area contributed by atoms with Crippen LogP contribution in [0.15, 0.2) is 82.9 Å². The number of carboxylic acid groups (broad SMARTS) is 1. The standard InChI is InChI=1S/C68H95N15O17/c1-4-5-12-58-81-61-62(52-10-6-7-11-53(52)79-63(61)69)83(58)39-45-15-13-44(14-16-45)37-75-68(95)100-42-46-17-19-50(20-18-46)77-66(94)48(36-60(90)91)34-57(88)55(41-85)80-65(93)47(9-8-22-73-67(70)71)33-51(86)38-74-64(92)49(40-84)35-56(87)54(32-43(2)3)78-59(89)21-24-96-26-28-98-30-31-99-29-27-97-25-23-76-82-72/h6-7,10-11,13-20,43,47-49,54-55,84-85H,4-5,8-9,12,21-42H2,1-3H3,(H2,69,79)(H,74,92)(H,75,95)(H,77,94)(H,78,89)(H,80,93)(H,90,91)(H4,70,71,73)/t47-,48+,49+,54-,55-/m0/s1. The molecular weight excluding hydrogens is 1300 g/mol. The minimum absolute atomic E-state index is 0.0250. The van der Waals surface area contributed by atoms with Crippen molar-refractivity contribution in [1.29, 1.82) is 0 Å². The van der Waals surface area contributed by atoms with Gasteiger partial charge in [0.15, 0.2) is 29.1 Å². The Bertz CT molecular complexity index is 3560. The van der Waals surface area contributed by atoms with E-state index in [9.17, 15) is 58.5 Å². The molecule has 0 saturated heterocycles. The molecule has 3 aromatic carbocycles. The predicted molar refractivity (Wildman–Crippen MR) is 370 cm³/mol. The van der Waals surface area contributed by atoms with Gasteiger partial charge in [0.2, 0.25) is 23.6 Å². The zero-order chi connectivity index (χ0) is 72.8. The molecule has 32 nitrogen and oxygen atoms in total. The fourth-order valence-electron chi connectivity index (χ4n) is 10.5. The Hall–Kier alpha value is -9.69. The molecule has 2 aromatic heterocycles. The SMILES string of the molecule is CCCCc1nc2c(N)nc3ccccc3c2n1Cc1ccc(CNC(=O)OCc2ccc(NC(=O)[C@@H](CC(=O)O)CC(=O)[C@H](CO)NC(=O)[C@@H](CCCN=C(N)N)CC(=O)CNC(=O)[C@@H](CO)CC(=O)[C@H](CC(C)C)NC(=O)CCOCCOCCOCCOCCN=[N+]=[N-])cc2)cc1. The number of nitrogens with zero attached hydrogens (tertiary/aromatic N) is 7. The van der Waals surface area contributed by atoms with Gasteiger partial charge in [-0.3, -0.25) is 43.3 Å². The van der Waals surface area contributed by atoms with Gasteiger partial charge in [-0.05, 0) is 72.0 Å². The molecule has 100 heavy (non-hydrogen) atoms. The number of fused-ring (bicyclic) bond motifs is 3. The summed E-state index contributed by atoms with van der Waals surface area (Å²) >= 11 is 0. The number of aliphatic imine (C=N–C) groups is 1. The molecule has 5 atom stereocenters. The van der Waals surface area contributed by atoms with Crippen LogP contribution in [0.2, 0.25) is 0 Å². The number of benzene rings is 3. The van der Waals surface area contributed by atoms with Crippen molar-refractivity contribution < 1.29 is 82.2 Å². The third-order valence-corrected chi connectivity index (χ3v) is 15.7. The molecule has 0 bridgehead atoms. The number of unbranched alkanes of at least 4 members (excludes halogenated alkanes) is 1. The Morgan fingerprint density at radius 3 is 1.96 bits per heavy atom. The number of aliphatic carboxylic acids is 1. The number of Topliss-reactive ketones (excluding diaryl/α,β-unsaturated/α-hetero) is 3. The summed E-state index contributed by atoms with van der Waals surface area (Å²) in [6.07, 6.45) is -0.265. The van der Waals surface area contributed by atoms with Gasteiger partial charge in [-0.25, -0.2) is 14.8 Å². The lowest BCUT2D eigenvalue weighted by atomic mass is 9.92. The number of imidazole rings is 1. The quantitative estimate of drug-likeness (QED) is 0.00653. The number of nitrogens with one attached hydrogen (secondary N) is 5. The number of pyridine rings is 1. The topological polar surface area (TPSA) is 491 Å². The molecule has 14 N–H and O–H groups in total. The second kappa shape index (κ2) is 44.4. The zero-order valence-electron chi connectivity index (χ0n) is 56.9. The molecule has 5 amide bonds. The number of alkyl carbamates (subject to hydrolysis) is 1. The lowest BCUT2D eigenvalue weighted by molar-refractivity contribution is -0.141. The summed E-state index contributed by atoms with van der Waals surface area (Å²) in [6, 6.07) is 19.1. The van der Waals surface area contributed by atoms with Crippen LogP contribution >= 0.6 is 0 Å². The van der Waals surface area contributed by atoms with Gasteiger partial charge in [-0.15, -0.1) is 0 Å². The van der Waals surface area contributed by atoms with Gasteiger partial charge in [0, 0.05) is 80.2 Å². The molecule has 32 heteroatoms. The molecule has 0 saturated carbocycles. The number of aromatic nitrogens is 3. The number of carbonyl (C=O) groups is 9. The van der Waals surface area contributed by atoms with Gasteiger partial charge >= 0.3 is 12.1 Å². The molecule has 0 unspecified atom stereocenters. The van der Waals surface area contributed by atoms with E-state index in [-0.39, 0.29) is 89.3 Å². The van der Waals surface area contributed by atoms with Crippen LogP contribution in [0.3, 0.4) is 0 Å². The fraction of sp³-hybridized carbons (Fsp3) is 0.529. The summed E-state index contributed by atoms with van der Waals surface area (Å²) in [5, 5.41) is 47.4. The molecule has 544 valence electrons. The summed E-state index contributed by atoms with van der Waals surface area (Å²) in [5.74, 6) is -9.65. The number of carbonyl (C=O) groups excluding carboxylic acids is 8. The highest BCUT2D eigenvalue weighted by molar-refractivity contribution is 6.07. The van der Waals surface area contributed by atoms with E-state index in [4.69, 9.17) is 51.4 Å². The number of hydrogen-bond donors (Lipinski definition) is 11. The number of para-hydroxylation sites is 1. The van der Waals surface area contributed by atoms with Crippen molar-refractivity contribution in [2.24, 2.45) is 45.2 Å². The number of aliphatic hydroxyl groups excluding tert-OH is 2. The first-order valence-electron chi connectivity index (χ1n) is 33.3. The highest BCUT2D eigenvalue weighted by Crippen LogP contribution is 2.30. The maximum Gasteiger partial charge on any atom is 0.407 e. The molecule has 5 aromatic rings. The Labute approximate surface area is 579 Å². The highest BCUT2D eigenvalue weighted by atomic mass is 16.6. The van der Waals surface area contributed by atoms with Crippen LogP contribution in [-0.4, -0.2) is 187 Å². The van der Waals surface area contributed by atoms with E-state index in [0.29, 0.717) is 56.5 Å². The van der Waals surface area contributed by atoms with Crippen LogP contribution in [0.1, 0.15) is 107 Å². The van der Waals surface area contributed by atoms with Crippen LogP contribution in [0.5, 0.6) is 0 Å². The second-order valence-corrected chi connectivity index (χ2v) is 24.1. The van der Waals surface area contributed by atoms with Crippen LogP contribution < -0.4 is 43.8 Å². The van der Waals surface area contributed by atoms with E-state index in [1.165, 1.54) is 12.1 Å². The Balaban J connectivity index is 1.07. The van der Waals surface area contributed by atoms with Crippen molar-refractivity contribution in [2.45, 2.75) is 123 Å². The van der Waals surface area contributed by atoms with E-state index in [1.807, 2.05) is 62.4 Å². The van der Waals surface area contributed by atoms with Gasteiger partial charge < -0.3 is 87.4 Å². The summed E-state index contributed by atoms with van der Waals surface area (Å²) in [7, 11) is 0. The van der Waals surface area contributed by atoms with Crippen LogP contribution in [0.25, 0.3) is 32.4 Å². The summed E-state index contributed by atoms with van der Waals surface area (Å²) in [4.78, 5) is 135. The third-order valence-electron chi connectivity index (χ3n) is 15.7. The van der Waals surface area contributed by atoms with Crippen molar-refractivity contribution in [3.8, 4) is 0 Å². The van der Waals surface area contributed by atoms with Crippen molar-refractivity contribution in [1.82, 2.24) is 35.8 Å². The number of nitrogens with two attached hydrogens (primary N) is 3. The van der Waals surface area contributed by atoms with Gasteiger partial charge in [0.05, 0.1) is 108 Å². The molecule has 0 aliphatic rings. The molecule has 0 fully saturated rings. The molecule has 0 spiro atoms. The first kappa shape index (κ1) is 81.0. The van der Waals surface area contributed by atoms with E-state index >= 15 is 0 Å². The second-order valence-electron chi connectivity index (χ2n) is 24.1. The number of anilines is 2. The van der Waals surface area contributed by atoms with Gasteiger partial charge in [0.1, 0.15) is 24.0 Å². The summed E-state index contributed by atoms with van der Waals surface area (Å²) in [5.41, 5.74) is 30.6. The Morgan fingerprint density at radius 1 is 0.680 bits per heavy atom. The van der Waals surface area contributed by atoms with Crippen LogP contribution in [0.4, 0.5) is 16.3 Å². The monoisotopic (exact) mass is 1390 g/mol. The minimum atomic E-state index is -1.65. The largest absolute Gasteiger partial charge is 0.481 e. The average molecular weight is 1390 g/mol. The minimum Gasteiger partial charge on any atom is -0.481 e. The number of azide groups is 1. The van der Waals surface area contributed by atoms with E-state index in [1.54, 1.807) is 12.1 Å². The summed E-state index contributed by atoms with van der Waals surface area (Å²) in [6.45, 7) is 6.27. The lowest BCUT2D eigenvalue weighted by Gasteiger charge is -2.23. The Morgan fingerprint density at radius 2 is 1.32 bits per heavy atom. The number of nitrogen functional groups attached to an aromatic ring is 1. The number of amides is 5. The van der Waals surface area contributed by atoms with E-state index in [0.717, 1.165) is 52.6 Å². The number of aryl methyl sites for hydroxylation is 1. The molecule has 0 aliphatic heterocycles. The number of ketones is 3. The average Bonchev–Trinajstić information content (AvgIpc) is 1.58. The van der Waals surface area contributed by atoms with Crippen molar-refractivity contribution in [3.63, 3.8) is 0 Å². The number of carboxylic acids is 1. The highest BCUT2D eigenvalue weighted by Gasteiger charge is 2.33. The van der Waals surface area contributed by atoms with Crippen molar-refractivity contribution in [2.75, 3.05) is 96.8 Å². The number of guanidine groups is 1. The Kier molecular flexibility index (Phi) is 35.9. The zero-order valence-corrected chi connectivity index (χ0v) is 56.9. The van der Waals surface area contributed by atoms with Crippen molar-refractivity contribution >= 4 is 92.4 Å². The van der Waals surface area contributed by atoms with Crippen LogP contribution in [-0.2, 0) is 88.2 Å². The van der Waals surface area contributed by atoms with Gasteiger partial charge in [-0.1, -0.05) is 86.9 Å².